The molecule has 0 radical (unpaired) electrons. The molecule has 1 amide bonds. The number of alkyl halides is 3. The SMILES string of the molecule is CCOC(=O)NC1CCC(CCN2CCN(Cc3cccc(C(F)(F)F)c3)CC2)CC1. The van der Waals surface area contributed by atoms with Crippen LogP contribution in [0.5, 0.6) is 0 Å². The Morgan fingerprint density at radius 1 is 1.10 bits per heavy atom. The summed E-state index contributed by atoms with van der Waals surface area (Å²) in [5.74, 6) is 0.698. The smallest absolute Gasteiger partial charge is 0.416 e. The van der Waals surface area contributed by atoms with Crippen LogP contribution < -0.4 is 5.32 Å². The third kappa shape index (κ3) is 7.68. The van der Waals surface area contributed by atoms with Gasteiger partial charge in [-0.15, -0.1) is 0 Å². The molecule has 0 bridgehead atoms. The zero-order valence-electron chi connectivity index (χ0n) is 18.3. The van der Waals surface area contributed by atoms with E-state index in [2.05, 4.69) is 15.1 Å². The normalized spacial score (nSPS) is 23.5. The largest absolute Gasteiger partial charge is 0.450 e. The van der Waals surface area contributed by atoms with E-state index in [0.29, 0.717) is 19.1 Å². The summed E-state index contributed by atoms with van der Waals surface area (Å²) in [6.07, 6.45) is 0.846. The number of nitrogens with zero attached hydrogens (tertiary/aromatic N) is 2. The summed E-state index contributed by atoms with van der Waals surface area (Å²) in [4.78, 5) is 16.2. The quantitative estimate of drug-likeness (QED) is 0.676. The fourth-order valence-corrected chi connectivity index (χ4v) is 4.58. The molecule has 1 aromatic rings. The maximum Gasteiger partial charge on any atom is 0.416 e. The number of amides is 1. The molecule has 1 heterocycles. The number of halogens is 3. The van der Waals surface area contributed by atoms with Gasteiger partial charge in [-0.2, -0.15) is 13.2 Å². The Hall–Kier alpha value is -1.80. The van der Waals surface area contributed by atoms with Gasteiger partial charge in [-0.3, -0.25) is 4.90 Å². The first-order chi connectivity index (χ1) is 14.8. The van der Waals surface area contributed by atoms with Crippen LogP contribution in [0.2, 0.25) is 0 Å². The first-order valence-corrected chi connectivity index (χ1v) is 11.4. The summed E-state index contributed by atoms with van der Waals surface area (Å²) in [7, 11) is 0. The highest BCUT2D eigenvalue weighted by Crippen LogP contribution is 2.30. The second-order valence-corrected chi connectivity index (χ2v) is 8.69. The van der Waals surface area contributed by atoms with Crippen molar-refractivity contribution in [3.8, 4) is 0 Å². The standard InChI is InChI=1S/C23H34F3N3O2/c1-2-31-22(30)27-21-8-6-18(7-9-21)10-11-28-12-14-29(15-13-28)17-19-4-3-5-20(16-19)23(24,25)26/h3-5,16,18,21H,2,6-15,17H2,1H3,(H,27,30). The number of piperazine rings is 1. The maximum absolute atomic E-state index is 12.9. The zero-order chi connectivity index (χ0) is 22.3. The third-order valence-corrected chi connectivity index (χ3v) is 6.42. The van der Waals surface area contributed by atoms with Crippen LogP contribution >= 0.6 is 0 Å². The Morgan fingerprint density at radius 3 is 2.42 bits per heavy atom. The molecular weight excluding hydrogens is 407 g/mol. The van der Waals surface area contributed by atoms with Crippen LogP contribution in [0.3, 0.4) is 0 Å². The van der Waals surface area contributed by atoms with E-state index >= 15 is 0 Å². The van der Waals surface area contributed by atoms with Gasteiger partial charge in [-0.25, -0.2) is 4.79 Å². The van der Waals surface area contributed by atoms with Crippen LogP contribution in [0.25, 0.3) is 0 Å². The predicted molar refractivity (Wildman–Crippen MR) is 114 cm³/mol. The number of ether oxygens (including phenoxy) is 1. The van der Waals surface area contributed by atoms with Gasteiger partial charge in [-0.05, 0) is 63.1 Å². The topological polar surface area (TPSA) is 44.8 Å². The van der Waals surface area contributed by atoms with Crippen molar-refractivity contribution in [2.75, 3.05) is 39.3 Å². The van der Waals surface area contributed by atoms with E-state index in [1.54, 1.807) is 6.07 Å². The summed E-state index contributed by atoms with van der Waals surface area (Å²) in [6.45, 7) is 7.51. The van der Waals surface area contributed by atoms with Crippen molar-refractivity contribution in [1.29, 1.82) is 0 Å². The molecule has 8 heteroatoms. The van der Waals surface area contributed by atoms with Gasteiger partial charge in [0.1, 0.15) is 0 Å². The molecule has 0 atom stereocenters. The molecule has 1 aromatic carbocycles. The summed E-state index contributed by atoms with van der Waals surface area (Å²) < 4.78 is 43.7. The molecule has 31 heavy (non-hydrogen) atoms. The first kappa shape index (κ1) is 23.9. The van der Waals surface area contributed by atoms with Gasteiger partial charge >= 0.3 is 12.3 Å². The lowest BCUT2D eigenvalue weighted by Gasteiger charge is -2.36. The molecule has 1 aliphatic carbocycles. The average molecular weight is 442 g/mol. The van der Waals surface area contributed by atoms with Crippen LogP contribution in [0.4, 0.5) is 18.0 Å². The fourth-order valence-electron chi connectivity index (χ4n) is 4.58. The molecule has 1 N–H and O–H groups in total. The van der Waals surface area contributed by atoms with E-state index in [4.69, 9.17) is 4.74 Å². The maximum atomic E-state index is 12.9. The highest BCUT2D eigenvalue weighted by atomic mass is 19.4. The molecule has 0 aromatic heterocycles. The molecule has 1 saturated carbocycles. The Morgan fingerprint density at radius 2 is 1.77 bits per heavy atom. The Bertz CT molecular complexity index is 698. The monoisotopic (exact) mass is 441 g/mol. The van der Waals surface area contributed by atoms with Crippen molar-refractivity contribution in [3.63, 3.8) is 0 Å². The van der Waals surface area contributed by atoms with E-state index in [-0.39, 0.29) is 12.1 Å². The Labute approximate surface area is 182 Å². The van der Waals surface area contributed by atoms with E-state index in [1.165, 1.54) is 18.6 Å². The molecule has 1 saturated heterocycles. The van der Waals surface area contributed by atoms with Gasteiger partial charge < -0.3 is 15.0 Å². The van der Waals surface area contributed by atoms with Gasteiger partial charge in [0.15, 0.2) is 0 Å². The van der Waals surface area contributed by atoms with Crippen LogP contribution in [0.15, 0.2) is 24.3 Å². The minimum absolute atomic E-state index is 0.231. The van der Waals surface area contributed by atoms with Crippen LogP contribution in [-0.2, 0) is 17.5 Å². The summed E-state index contributed by atoms with van der Waals surface area (Å²) in [5, 5.41) is 2.94. The highest BCUT2D eigenvalue weighted by molar-refractivity contribution is 5.67. The minimum atomic E-state index is -4.29. The van der Waals surface area contributed by atoms with Crippen molar-refractivity contribution in [3.05, 3.63) is 35.4 Å². The molecule has 0 spiro atoms. The van der Waals surface area contributed by atoms with Crippen molar-refractivity contribution in [2.45, 2.75) is 57.8 Å². The summed E-state index contributed by atoms with van der Waals surface area (Å²) in [6, 6.07) is 5.89. The number of benzene rings is 1. The molecule has 0 unspecified atom stereocenters. The first-order valence-electron chi connectivity index (χ1n) is 11.4. The number of hydrogen-bond acceptors (Lipinski definition) is 4. The van der Waals surface area contributed by atoms with E-state index in [9.17, 15) is 18.0 Å². The zero-order valence-corrected chi connectivity index (χ0v) is 18.3. The van der Waals surface area contributed by atoms with E-state index in [1.807, 2.05) is 6.92 Å². The predicted octanol–water partition coefficient (Wildman–Crippen LogP) is 4.52. The minimum Gasteiger partial charge on any atom is -0.450 e. The van der Waals surface area contributed by atoms with Gasteiger partial charge in [0, 0.05) is 38.8 Å². The molecule has 174 valence electrons. The van der Waals surface area contributed by atoms with Crippen LogP contribution in [0, 0.1) is 5.92 Å². The molecule has 3 rings (SSSR count). The molecule has 2 aliphatic rings. The van der Waals surface area contributed by atoms with Crippen LogP contribution in [0.1, 0.15) is 50.2 Å². The van der Waals surface area contributed by atoms with Crippen LogP contribution in [-0.4, -0.2) is 61.3 Å². The lowest BCUT2D eigenvalue weighted by molar-refractivity contribution is -0.137. The number of rotatable bonds is 7. The molecular formula is C23H34F3N3O2. The van der Waals surface area contributed by atoms with Gasteiger partial charge in [0.05, 0.1) is 12.2 Å². The third-order valence-electron chi connectivity index (χ3n) is 6.42. The van der Waals surface area contributed by atoms with E-state index < -0.39 is 11.7 Å². The summed E-state index contributed by atoms with van der Waals surface area (Å²) >= 11 is 0. The number of nitrogens with one attached hydrogen (secondary N) is 1. The molecule has 5 nitrogen and oxygen atoms in total. The lowest BCUT2D eigenvalue weighted by atomic mass is 9.84. The van der Waals surface area contributed by atoms with Crippen molar-refractivity contribution < 1.29 is 22.7 Å². The lowest BCUT2D eigenvalue weighted by Crippen LogP contribution is -2.46. The second kappa shape index (κ2) is 11.2. The van der Waals surface area contributed by atoms with Gasteiger partial charge in [-0.1, -0.05) is 18.2 Å². The van der Waals surface area contributed by atoms with Crippen molar-refractivity contribution >= 4 is 6.09 Å². The Kier molecular flexibility index (Phi) is 8.60. The molecule has 2 fully saturated rings. The summed E-state index contributed by atoms with van der Waals surface area (Å²) in [5.41, 5.74) is 0.146. The number of alkyl carbamates (subject to hydrolysis) is 1. The van der Waals surface area contributed by atoms with Crippen molar-refractivity contribution in [1.82, 2.24) is 15.1 Å². The van der Waals surface area contributed by atoms with Gasteiger partial charge in [0.2, 0.25) is 0 Å². The number of hydrogen-bond donors (Lipinski definition) is 1. The van der Waals surface area contributed by atoms with Crippen molar-refractivity contribution in [2.24, 2.45) is 5.92 Å². The molecule has 1 aliphatic heterocycles. The average Bonchev–Trinajstić information content (AvgIpc) is 2.74. The van der Waals surface area contributed by atoms with E-state index in [0.717, 1.165) is 70.0 Å². The fraction of sp³-hybridized carbons (Fsp3) is 0.696. The highest BCUT2D eigenvalue weighted by Gasteiger charge is 2.30. The number of carbonyl (C=O) groups is 1. The Balaban J connectivity index is 1.33. The number of carbonyl (C=O) groups excluding carboxylic acids is 1. The second-order valence-electron chi connectivity index (χ2n) is 8.69. The van der Waals surface area contributed by atoms with Gasteiger partial charge in [0.25, 0.3) is 0 Å².